The Morgan fingerprint density at radius 3 is 3.13 bits per heavy atom. The third-order valence-corrected chi connectivity index (χ3v) is 3.76. The zero-order valence-corrected chi connectivity index (χ0v) is 12.8. The molecular formula is C16H20FN5O. The summed E-state index contributed by atoms with van der Waals surface area (Å²) in [5.41, 5.74) is 7.04. The number of nitrogens with one attached hydrogen (secondary N) is 1. The lowest BCUT2D eigenvalue weighted by molar-refractivity contribution is 0.114. The molecule has 1 aromatic heterocycles. The SMILES string of the molecule is NC(=NCc1ccc(-n2ccnc2)c(F)c1)NCC1CCCO1. The summed E-state index contributed by atoms with van der Waals surface area (Å²) in [5, 5.41) is 3.04. The van der Waals surface area contributed by atoms with Crippen LogP contribution in [0.5, 0.6) is 0 Å². The van der Waals surface area contributed by atoms with Gasteiger partial charge in [-0.2, -0.15) is 0 Å². The molecule has 1 aliphatic rings. The highest BCUT2D eigenvalue weighted by molar-refractivity contribution is 5.77. The largest absolute Gasteiger partial charge is 0.376 e. The minimum atomic E-state index is -0.318. The van der Waals surface area contributed by atoms with Gasteiger partial charge in [-0.3, -0.25) is 0 Å². The van der Waals surface area contributed by atoms with E-state index in [0.29, 0.717) is 24.7 Å². The van der Waals surface area contributed by atoms with E-state index in [-0.39, 0.29) is 11.9 Å². The molecular weight excluding hydrogens is 297 g/mol. The summed E-state index contributed by atoms with van der Waals surface area (Å²) in [5.74, 6) is 0.0289. The normalized spacial score (nSPS) is 18.3. The molecule has 0 bridgehead atoms. The van der Waals surface area contributed by atoms with Crippen LogP contribution < -0.4 is 11.1 Å². The lowest BCUT2D eigenvalue weighted by Gasteiger charge is -2.11. The van der Waals surface area contributed by atoms with Gasteiger partial charge >= 0.3 is 0 Å². The molecule has 1 atom stereocenters. The average molecular weight is 317 g/mol. The van der Waals surface area contributed by atoms with E-state index in [9.17, 15) is 4.39 Å². The summed E-state index contributed by atoms with van der Waals surface area (Å²) in [6, 6.07) is 5.00. The van der Waals surface area contributed by atoms with Crippen LogP contribution in [0.4, 0.5) is 4.39 Å². The second-order valence-electron chi connectivity index (χ2n) is 5.47. The molecule has 1 fully saturated rings. The highest BCUT2D eigenvalue weighted by Gasteiger charge is 2.14. The number of aromatic nitrogens is 2. The van der Waals surface area contributed by atoms with Crippen molar-refractivity contribution in [3.05, 3.63) is 48.3 Å². The predicted molar refractivity (Wildman–Crippen MR) is 85.8 cm³/mol. The summed E-state index contributed by atoms with van der Waals surface area (Å²) in [6.07, 6.45) is 7.20. The van der Waals surface area contributed by atoms with Crippen molar-refractivity contribution in [1.82, 2.24) is 14.9 Å². The van der Waals surface area contributed by atoms with E-state index in [2.05, 4.69) is 15.3 Å². The molecule has 1 unspecified atom stereocenters. The van der Waals surface area contributed by atoms with E-state index < -0.39 is 0 Å². The Labute approximate surface area is 134 Å². The first-order valence-corrected chi connectivity index (χ1v) is 7.64. The number of ether oxygens (including phenoxy) is 1. The molecule has 122 valence electrons. The molecule has 0 amide bonds. The minimum Gasteiger partial charge on any atom is -0.376 e. The smallest absolute Gasteiger partial charge is 0.189 e. The maximum absolute atomic E-state index is 14.1. The number of halogens is 1. The minimum absolute atomic E-state index is 0.204. The first-order chi connectivity index (χ1) is 11.2. The quantitative estimate of drug-likeness (QED) is 0.648. The van der Waals surface area contributed by atoms with Crippen molar-refractivity contribution in [1.29, 1.82) is 0 Å². The van der Waals surface area contributed by atoms with Crippen molar-refractivity contribution in [3.8, 4) is 5.69 Å². The molecule has 3 N–H and O–H groups in total. The van der Waals surface area contributed by atoms with E-state index in [1.165, 1.54) is 6.07 Å². The summed E-state index contributed by atoms with van der Waals surface area (Å²) >= 11 is 0. The summed E-state index contributed by atoms with van der Waals surface area (Å²) in [7, 11) is 0. The van der Waals surface area contributed by atoms with Gasteiger partial charge in [-0.05, 0) is 30.5 Å². The topological polar surface area (TPSA) is 77.5 Å². The number of rotatable bonds is 5. The van der Waals surface area contributed by atoms with E-state index >= 15 is 0 Å². The van der Waals surface area contributed by atoms with E-state index in [1.54, 1.807) is 29.4 Å². The molecule has 1 aromatic carbocycles. The van der Waals surface area contributed by atoms with Crippen LogP contribution in [0, 0.1) is 5.82 Å². The molecule has 0 aliphatic carbocycles. The number of hydrogen-bond acceptors (Lipinski definition) is 3. The lowest BCUT2D eigenvalue weighted by atomic mass is 10.2. The van der Waals surface area contributed by atoms with Crippen molar-refractivity contribution in [3.63, 3.8) is 0 Å². The van der Waals surface area contributed by atoms with Crippen LogP contribution >= 0.6 is 0 Å². The number of guanidine groups is 1. The van der Waals surface area contributed by atoms with Crippen LogP contribution in [-0.4, -0.2) is 34.8 Å². The molecule has 23 heavy (non-hydrogen) atoms. The monoisotopic (exact) mass is 317 g/mol. The second-order valence-corrected chi connectivity index (χ2v) is 5.47. The summed E-state index contributed by atoms with van der Waals surface area (Å²) in [6.45, 7) is 1.79. The van der Waals surface area contributed by atoms with Gasteiger partial charge in [0.05, 0.1) is 24.7 Å². The highest BCUT2D eigenvalue weighted by Crippen LogP contribution is 2.15. The molecule has 0 saturated carbocycles. The zero-order chi connectivity index (χ0) is 16.1. The molecule has 6 nitrogen and oxygen atoms in total. The van der Waals surface area contributed by atoms with Crippen molar-refractivity contribution in [2.45, 2.75) is 25.5 Å². The van der Waals surface area contributed by atoms with E-state index in [4.69, 9.17) is 10.5 Å². The Bertz CT molecular complexity index is 665. The van der Waals surface area contributed by atoms with Gasteiger partial charge in [0, 0.05) is 25.5 Å². The van der Waals surface area contributed by atoms with Crippen LogP contribution in [0.15, 0.2) is 41.9 Å². The number of aliphatic imine (C=N–C) groups is 1. The van der Waals surface area contributed by atoms with E-state index in [1.807, 2.05) is 6.07 Å². The summed E-state index contributed by atoms with van der Waals surface area (Å²) in [4.78, 5) is 8.14. The average Bonchev–Trinajstić information content (AvgIpc) is 3.24. The molecule has 3 rings (SSSR count). The molecule has 1 aliphatic heterocycles. The Balaban J connectivity index is 1.57. The zero-order valence-electron chi connectivity index (χ0n) is 12.8. The van der Waals surface area contributed by atoms with Gasteiger partial charge < -0.3 is 20.4 Å². The standard InChI is InChI=1S/C16H20FN5O/c17-14-8-12(3-4-15(14)22-6-5-19-11-22)9-20-16(18)21-10-13-2-1-7-23-13/h3-6,8,11,13H,1-2,7,9-10H2,(H3,18,20,21). The molecule has 7 heteroatoms. The van der Waals surface area contributed by atoms with Gasteiger partial charge in [0.1, 0.15) is 5.82 Å². The third kappa shape index (κ3) is 4.07. The third-order valence-electron chi connectivity index (χ3n) is 3.76. The number of imidazole rings is 1. The molecule has 2 heterocycles. The van der Waals surface area contributed by atoms with Crippen molar-refractivity contribution >= 4 is 5.96 Å². The fourth-order valence-electron chi connectivity index (χ4n) is 2.52. The Kier molecular flexibility index (Phi) is 4.87. The first kappa shape index (κ1) is 15.5. The number of nitrogens with two attached hydrogens (primary N) is 1. The molecule has 0 spiro atoms. The molecule has 0 radical (unpaired) electrons. The highest BCUT2D eigenvalue weighted by atomic mass is 19.1. The Morgan fingerprint density at radius 2 is 2.43 bits per heavy atom. The van der Waals surface area contributed by atoms with Gasteiger partial charge in [0.15, 0.2) is 5.96 Å². The maximum atomic E-state index is 14.1. The van der Waals surface area contributed by atoms with Crippen LogP contribution in [0.2, 0.25) is 0 Å². The fraction of sp³-hybridized carbons (Fsp3) is 0.375. The molecule has 2 aromatic rings. The predicted octanol–water partition coefficient (Wildman–Crippen LogP) is 1.59. The van der Waals surface area contributed by atoms with Crippen LogP contribution in [0.25, 0.3) is 5.69 Å². The Morgan fingerprint density at radius 1 is 1.52 bits per heavy atom. The van der Waals surface area contributed by atoms with Gasteiger partial charge in [-0.25, -0.2) is 14.4 Å². The van der Waals surface area contributed by atoms with Crippen LogP contribution in [0.3, 0.4) is 0 Å². The fourth-order valence-corrected chi connectivity index (χ4v) is 2.52. The van der Waals surface area contributed by atoms with Crippen LogP contribution in [0.1, 0.15) is 18.4 Å². The van der Waals surface area contributed by atoms with E-state index in [0.717, 1.165) is 25.0 Å². The second kappa shape index (κ2) is 7.23. The van der Waals surface area contributed by atoms with Gasteiger partial charge in [-0.1, -0.05) is 6.07 Å². The van der Waals surface area contributed by atoms with Crippen molar-refractivity contribution in [2.75, 3.05) is 13.2 Å². The number of nitrogens with zero attached hydrogens (tertiary/aromatic N) is 3. The first-order valence-electron chi connectivity index (χ1n) is 7.64. The lowest BCUT2D eigenvalue weighted by Crippen LogP contribution is -2.37. The maximum Gasteiger partial charge on any atom is 0.189 e. The summed E-state index contributed by atoms with van der Waals surface area (Å²) < 4.78 is 21.3. The number of hydrogen-bond donors (Lipinski definition) is 2. The van der Waals surface area contributed by atoms with Gasteiger partial charge in [0.2, 0.25) is 0 Å². The molecule has 1 saturated heterocycles. The van der Waals surface area contributed by atoms with Gasteiger partial charge in [0.25, 0.3) is 0 Å². The van der Waals surface area contributed by atoms with Crippen molar-refractivity contribution in [2.24, 2.45) is 10.7 Å². The van der Waals surface area contributed by atoms with Gasteiger partial charge in [-0.15, -0.1) is 0 Å². The Hall–Kier alpha value is -2.41. The van der Waals surface area contributed by atoms with Crippen LogP contribution in [-0.2, 0) is 11.3 Å². The number of benzene rings is 1. The van der Waals surface area contributed by atoms with Crippen molar-refractivity contribution < 1.29 is 9.13 Å².